The van der Waals surface area contributed by atoms with Gasteiger partial charge in [0.25, 0.3) is 11.8 Å². The summed E-state index contributed by atoms with van der Waals surface area (Å²) in [7, 11) is 1.54. The van der Waals surface area contributed by atoms with Crippen molar-refractivity contribution in [2.75, 3.05) is 43.5 Å². The molecule has 0 atom stereocenters. The van der Waals surface area contributed by atoms with Crippen molar-refractivity contribution in [3.8, 4) is 5.75 Å². The van der Waals surface area contributed by atoms with Crippen LogP contribution in [-0.2, 0) is 0 Å². The number of ether oxygens (including phenoxy) is 1. The van der Waals surface area contributed by atoms with E-state index in [-0.39, 0.29) is 16.9 Å². The third kappa shape index (κ3) is 5.60. The van der Waals surface area contributed by atoms with Crippen molar-refractivity contribution >= 4 is 40.5 Å². The van der Waals surface area contributed by atoms with Gasteiger partial charge in [-0.05, 0) is 55.0 Å². The lowest BCUT2D eigenvalue weighted by molar-refractivity contribution is 0.0746. The van der Waals surface area contributed by atoms with E-state index in [1.54, 1.807) is 19.2 Å². The number of carbonyl (C=O) groups is 2. The van der Waals surface area contributed by atoms with Gasteiger partial charge in [-0.25, -0.2) is 0 Å². The first-order valence-corrected chi connectivity index (χ1v) is 11.8. The number of rotatable bonds is 5. The van der Waals surface area contributed by atoms with E-state index in [9.17, 15) is 9.59 Å². The predicted molar refractivity (Wildman–Crippen MR) is 142 cm³/mol. The van der Waals surface area contributed by atoms with Gasteiger partial charge in [0.1, 0.15) is 5.75 Å². The number of hydrogen-bond donors (Lipinski definition) is 2. The van der Waals surface area contributed by atoms with E-state index in [0.717, 1.165) is 16.9 Å². The first-order valence-electron chi connectivity index (χ1n) is 11.4. The molecule has 1 heterocycles. The molecule has 0 spiro atoms. The van der Waals surface area contributed by atoms with Crippen LogP contribution < -0.4 is 20.3 Å². The molecule has 0 unspecified atom stereocenters. The average molecular weight is 489 g/mol. The van der Waals surface area contributed by atoms with Crippen molar-refractivity contribution in [3.63, 3.8) is 0 Å². The monoisotopic (exact) mass is 488 g/mol. The van der Waals surface area contributed by atoms with Crippen molar-refractivity contribution in [1.29, 1.82) is 0 Å². The first kappa shape index (κ1) is 24.2. The quantitative estimate of drug-likeness (QED) is 0.527. The standard InChI is InChI=1S/C27H28N4O3S/c1-19-9-8-12-21(24(19)34-2)25(32)29-27(35)28-22-13-6-7-14-23(22)30-15-17-31(18-16-30)26(33)20-10-4-3-5-11-20/h3-14H,15-18H2,1-2H3,(H2,28,29,32,35). The highest BCUT2D eigenvalue weighted by molar-refractivity contribution is 7.80. The second kappa shape index (κ2) is 11.0. The largest absolute Gasteiger partial charge is 0.496 e. The Kier molecular flexibility index (Phi) is 7.62. The molecule has 1 saturated heterocycles. The minimum atomic E-state index is -0.339. The number of hydrogen-bond acceptors (Lipinski definition) is 5. The molecule has 3 aromatic rings. The highest BCUT2D eigenvalue weighted by atomic mass is 32.1. The molecule has 0 aromatic heterocycles. The second-order valence-electron chi connectivity index (χ2n) is 8.23. The zero-order valence-corrected chi connectivity index (χ0v) is 20.6. The van der Waals surface area contributed by atoms with Crippen LogP contribution in [-0.4, -0.2) is 55.1 Å². The number of aryl methyl sites for hydroxylation is 1. The first-order chi connectivity index (χ1) is 17.0. The fraction of sp³-hybridized carbons (Fsp3) is 0.222. The highest BCUT2D eigenvalue weighted by Crippen LogP contribution is 2.27. The Labute approximate surface area is 210 Å². The minimum Gasteiger partial charge on any atom is -0.496 e. The molecule has 3 aromatic carbocycles. The van der Waals surface area contributed by atoms with Gasteiger partial charge >= 0.3 is 0 Å². The molecular formula is C27H28N4O3S. The third-order valence-corrected chi connectivity index (χ3v) is 6.17. The summed E-state index contributed by atoms with van der Waals surface area (Å²) in [6, 6.07) is 22.5. The van der Waals surface area contributed by atoms with E-state index >= 15 is 0 Å². The number of nitrogens with zero attached hydrogens (tertiary/aromatic N) is 2. The van der Waals surface area contributed by atoms with E-state index in [1.807, 2.05) is 72.5 Å². The molecule has 2 N–H and O–H groups in total. The Morgan fingerprint density at radius 2 is 1.57 bits per heavy atom. The lowest BCUT2D eigenvalue weighted by Gasteiger charge is -2.37. The third-order valence-electron chi connectivity index (χ3n) is 5.97. The number of thiocarbonyl (C=S) groups is 1. The van der Waals surface area contributed by atoms with E-state index < -0.39 is 0 Å². The molecule has 7 nitrogen and oxygen atoms in total. The van der Waals surface area contributed by atoms with Gasteiger partial charge in [-0.3, -0.25) is 14.9 Å². The molecule has 180 valence electrons. The van der Waals surface area contributed by atoms with Crippen LogP contribution in [0.5, 0.6) is 5.75 Å². The van der Waals surface area contributed by atoms with Crippen LogP contribution >= 0.6 is 12.2 Å². The number of benzene rings is 3. The summed E-state index contributed by atoms with van der Waals surface area (Å²) in [5.41, 5.74) is 3.74. The van der Waals surface area contributed by atoms with Gasteiger partial charge < -0.3 is 19.9 Å². The van der Waals surface area contributed by atoms with E-state index in [0.29, 0.717) is 43.1 Å². The van der Waals surface area contributed by atoms with Crippen molar-refractivity contribution in [2.45, 2.75) is 6.92 Å². The molecule has 8 heteroatoms. The molecule has 1 aliphatic rings. The Hall–Kier alpha value is -3.91. The summed E-state index contributed by atoms with van der Waals surface area (Å²) in [5.74, 6) is 0.233. The lowest BCUT2D eigenvalue weighted by Crippen LogP contribution is -2.49. The van der Waals surface area contributed by atoms with Crippen LogP contribution in [0.25, 0.3) is 0 Å². The fourth-order valence-corrected chi connectivity index (χ4v) is 4.40. The number of carbonyl (C=O) groups excluding carboxylic acids is 2. The summed E-state index contributed by atoms with van der Waals surface area (Å²) in [4.78, 5) is 29.7. The van der Waals surface area contributed by atoms with Gasteiger partial charge in [0, 0.05) is 31.7 Å². The Morgan fingerprint density at radius 1 is 0.886 bits per heavy atom. The molecular weight excluding hydrogens is 460 g/mol. The Morgan fingerprint density at radius 3 is 2.29 bits per heavy atom. The number of nitrogens with one attached hydrogen (secondary N) is 2. The molecule has 4 rings (SSSR count). The van der Waals surface area contributed by atoms with Crippen LogP contribution in [0.3, 0.4) is 0 Å². The number of piperazine rings is 1. The molecule has 1 aliphatic heterocycles. The Balaban J connectivity index is 1.40. The van der Waals surface area contributed by atoms with Crippen LogP contribution in [0, 0.1) is 6.92 Å². The summed E-state index contributed by atoms with van der Waals surface area (Å²) in [6.45, 7) is 4.51. The molecule has 0 saturated carbocycles. The zero-order chi connectivity index (χ0) is 24.8. The van der Waals surface area contributed by atoms with Crippen molar-refractivity contribution in [3.05, 3.63) is 89.5 Å². The van der Waals surface area contributed by atoms with E-state index in [2.05, 4.69) is 15.5 Å². The van der Waals surface area contributed by atoms with Crippen LogP contribution in [0.2, 0.25) is 0 Å². The summed E-state index contributed by atoms with van der Waals surface area (Å²) >= 11 is 5.44. The van der Waals surface area contributed by atoms with Gasteiger partial charge in [-0.15, -0.1) is 0 Å². The van der Waals surface area contributed by atoms with E-state index in [1.165, 1.54) is 0 Å². The van der Waals surface area contributed by atoms with Crippen LogP contribution in [0.1, 0.15) is 26.3 Å². The van der Waals surface area contributed by atoms with Crippen LogP contribution in [0.15, 0.2) is 72.8 Å². The minimum absolute atomic E-state index is 0.0483. The lowest BCUT2D eigenvalue weighted by atomic mass is 10.1. The van der Waals surface area contributed by atoms with Crippen LogP contribution in [0.4, 0.5) is 11.4 Å². The molecule has 1 fully saturated rings. The molecule has 0 aliphatic carbocycles. The second-order valence-corrected chi connectivity index (χ2v) is 8.63. The normalized spacial score (nSPS) is 13.2. The number of anilines is 2. The van der Waals surface area contributed by atoms with Gasteiger partial charge in [-0.1, -0.05) is 42.5 Å². The van der Waals surface area contributed by atoms with Crippen molar-refractivity contribution in [1.82, 2.24) is 10.2 Å². The maximum atomic E-state index is 12.8. The molecule has 2 amide bonds. The average Bonchev–Trinajstić information content (AvgIpc) is 2.89. The van der Waals surface area contributed by atoms with Gasteiger partial charge in [0.2, 0.25) is 0 Å². The molecule has 35 heavy (non-hydrogen) atoms. The number of para-hydroxylation sites is 3. The zero-order valence-electron chi connectivity index (χ0n) is 19.8. The smallest absolute Gasteiger partial charge is 0.261 e. The van der Waals surface area contributed by atoms with Gasteiger partial charge in [-0.2, -0.15) is 0 Å². The maximum Gasteiger partial charge on any atom is 0.261 e. The highest BCUT2D eigenvalue weighted by Gasteiger charge is 2.24. The number of methoxy groups -OCH3 is 1. The topological polar surface area (TPSA) is 73.9 Å². The van der Waals surface area contributed by atoms with Gasteiger partial charge in [0.05, 0.1) is 24.0 Å². The predicted octanol–water partition coefficient (Wildman–Crippen LogP) is 4.09. The Bertz CT molecular complexity index is 1220. The summed E-state index contributed by atoms with van der Waals surface area (Å²) in [5, 5.41) is 6.10. The van der Waals surface area contributed by atoms with Crippen molar-refractivity contribution in [2.24, 2.45) is 0 Å². The number of amides is 2. The summed E-state index contributed by atoms with van der Waals surface area (Å²) in [6.07, 6.45) is 0. The SMILES string of the molecule is COc1c(C)cccc1C(=O)NC(=S)Nc1ccccc1N1CCN(C(=O)c2ccccc2)CC1. The van der Waals surface area contributed by atoms with Gasteiger partial charge in [0.15, 0.2) is 5.11 Å². The van der Waals surface area contributed by atoms with Crippen molar-refractivity contribution < 1.29 is 14.3 Å². The fourth-order valence-electron chi connectivity index (χ4n) is 4.20. The summed E-state index contributed by atoms with van der Waals surface area (Å²) < 4.78 is 5.39. The maximum absolute atomic E-state index is 12.8. The molecule has 0 bridgehead atoms. The van der Waals surface area contributed by atoms with E-state index in [4.69, 9.17) is 17.0 Å². The molecule has 0 radical (unpaired) electrons.